The van der Waals surface area contributed by atoms with E-state index in [1.165, 1.54) is 0 Å². The Morgan fingerprint density at radius 2 is 1.97 bits per heavy atom. The van der Waals surface area contributed by atoms with Gasteiger partial charge in [-0.15, -0.1) is 0 Å². The normalized spacial score (nSPS) is 21.5. The molecule has 4 rings (SSSR count). The third-order valence-electron chi connectivity index (χ3n) is 5.73. The van der Waals surface area contributed by atoms with Crippen molar-refractivity contribution in [1.82, 2.24) is 9.97 Å². The van der Waals surface area contributed by atoms with Gasteiger partial charge in [0.15, 0.2) is 11.6 Å². The van der Waals surface area contributed by atoms with Gasteiger partial charge in [0.25, 0.3) is 5.91 Å². The van der Waals surface area contributed by atoms with Crippen LogP contribution in [-0.4, -0.2) is 54.3 Å². The van der Waals surface area contributed by atoms with Crippen LogP contribution >= 0.6 is 0 Å². The lowest BCUT2D eigenvalue weighted by Gasteiger charge is -2.30. The number of halogens is 1. The zero-order chi connectivity index (χ0) is 21.8. The second-order valence-corrected chi connectivity index (χ2v) is 7.91. The van der Waals surface area contributed by atoms with E-state index in [0.29, 0.717) is 18.9 Å². The van der Waals surface area contributed by atoms with Gasteiger partial charge in [-0.1, -0.05) is 12.8 Å². The summed E-state index contributed by atoms with van der Waals surface area (Å²) in [5.74, 6) is -0.357. The first-order valence-corrected chi connectivity index (χ1v) is 10.6. The number of hydrogen-bond donors (Lipinski definition) is 4. The van der Waals surface area contributed by atoms with E-state index in [2.05, 4.69) is 25.5 Å². The summed E-state index contributed by atoms with van der Waals surface area (Å²) in [5, 5.41) is 6.15. The largest absolute Gasteiger partial charge is 0.378 e. The molecule has 0 aromatic carbocycles. The minimum Gasteiger partial charge on any atom is -0.378 e. The van der Waals surface area contributed by atoms with Gasteiger partial charge in [-0.05, 0) is 31.0 Å². The lowest BCUT2D eigenvalue weighted by molar-refractivity contribution is 0.100. The Labute approximate surface area is 180 Å². The first-order valence-electron chi connectivity index (χ1n) is 10.6. The fourth-order valence-electron chi connectivity index (χ4n) is 3.96. The van der Waals surface area contributed by atoms with Crippen LogP contribution in [0.3, 0.4) is 0 Å². The molecule has 31 heavy (non-hydrogen) atoms. The Morgan fingerprint density at radius 3 is 2.65 bits per heavy atom. The number of anilines is 4. The van der Waals surface area contributed by atoms with Crippen LogP contribution in [0.15, 0.2) is 24.4 Å². The molecular weight excluding hydrogens is 401 g/mol. The molecule has 2 aromatic heterocycles. The van der Waals surface area contributed by atoms with Crippen LogP contribution in [0.4, 0.5) is 27.5 Å². The number of carbonyl (C=O) groups excluding carboxylic acids is 1. The summed E-state index contributed by atoms with van der Waals surface area (Å²) in [4.78, 5) is 22.8. The fourth-order valence-corrected chi connectivity index (χ4v) is 3.96. The van der Waals surface area contributed by atoms with Gasteiger partial charge in [0.05, 0.1) is 30.7 Å². The fraction of sp³-hybridized carbons (Fsp3) is 0.476. The molecule has 1 aliphatic heterocycles. The smallest absolute Gasteiger partial charge is 0.252 e. The Balaban J connectivity index is 1.55. The summed E-state index contributed by atoms with van der Waals surface area (Å²) < 4.78 is 20.0. The maximum atomic E-state index is 14.6. The Hall–Kier alpha value is -2.98. The highest BCUT2D eigenvalue weighted by Crippen LogP contribution is 2.27. The molecule has 2 fully saturated rings. The number of nitrogens with zero attached hydrogens (tertiary/aromatic N) is 3. The van der Waals surface area contributed by atoms with Gasteiger partial charge in [0, 0.05) is 25.2 Å². The zero-order valence-corrected chi connectivity index (χ0v) is 17.3. The number of hydrogen-bond acceptors (Lipinski definition) is 8. The third-order valence-corrected chi connectivity index (χ3v) is 5.73. The van der Waals surface area contributed by atoms with E-state index < -0.39 is 11.7 Å². The molecule has 0 radical (unpaired) electrons. The van der Waals surface area contributed by atoms with Gasteiger partial charge in [0.1, 0.15) is 11.6 Å². The topological polar surface area (TPSA) is 131 Å². The quantitative estimate of drug-likeness (QED) is 0.548. The summed E-state index contributed by atoms with van der Waals surface area (Å²) >= 11 is 0. The van der Waals surface area contributed by atoms with Crippen molar-refractivity contribution in [2.45, 2.75) is 37.8 Å². The van der Waals surface area contributed by atoms with Crippen molar-refractivity contribution >= 4 is 29.0 Å². The van der Waals surface area contributed by atoms with Crippen LogP contribution in [-0.2, 0) is 4.74 Å². The van der Waals surface area contributed by atoms with Gasteiger partial charge in [-0.25, -0.2) is 14.4 Å². The van der Waals surface area contributed by atoms with Crippen LogP contribution in [0.5, 0.6) is 0 Å². The number of aromatic nitrogens is 2. The summed E-state index contributed by atoms with van der Waals surface area (Å²) in [6.45, 7) is 2.90. The molecule has 9 nitrogen and oxygen atoms in total. The number of carbonyl (C=O) groups is 1. The molecule has 1 saturated carbocycles. The van der Waals surface area contributed by atoms with E-state index in [1.54, 1.807) is 6.20 Å². The minimum absolute atomic E-state index is 0.0340. The predicted molar refractivity (Wildman–Crippen MR) is 117 cm³/mol. The molecule has 1 saturated heterocycles. The molecule has 2 aliphatic rings. The SMILES string of the molecule is NC(=O)c1cc(F)c(NC2CCCC[C@@H]2N)nc1Nc1ccc(N2CCOCC2)nc1. The van der Waals surface area contributed by atoms with E-state index in [4.69, 9.17) is 16.2 Å². The van der Waals surface area contributed by atoms with Crippen molar-refractivity contribution in [2.24, 2.45) is 11.5 Å². The number of nitrogens with two attached hydrogens (primary N) is 2. The zero-order valence-electron chi connectivity index (χ0n) is 17.3. The van der Waals surface area contributed by atoms with Crippen molar-refractivity contribution in [1.29, 1.82) is 0 Å². The standard InChI is InChI=1S/C21H28FN7O2/c22-15-11-14(19(24)30)20(28-21(15)27-17-4-2-1-3-16(17)23)26-13-5-6-18(25-12-13)29-7-9-31-10-8-29/h5-6,11-12,16-17H,1-4,7-10,23H2,(H2,24,30)(H2,26,27,28)/t16-,17?/m0/s1. The molecule has 10 heteroatoms. The third kappa shape index (κ3) is 5.02. The first-order chi connectivity index (χ1) is 15.0. The minimum atomic E-state index is -0.771. The summed E-state index contributed by atoms with van der Waals surface area (Å²) in [7, 11) is 0. The Morgan fingerprint density at radius 1 is 1.19 bits per heavy atom. The molecule has 2 aromatic rings. The molecule has 0 spiro atoms. The molecule has 1 unspecified atom stereocenters. The molecule has 2 atom stereocenters. The Bertz CT molecular complexity index is 919. The van der Waals surface area contributed by atoms with Crippen LogP contribution in [0.1, 0.15) is 36.0 Å². The van der Waals surface area contributed by atoms with Gasteiger partial charge in [-0.3, -0.25) is 4.79 Å². The second kappa shape index (κ2) is 9.44. The molecule has 1 aliphatic carbocycles. The molecule has 1 amide bonds. The first kappa shape index (κ1) is 21.3. The van der Waals surface area contributed by atoms with Crippen LogP contribution in [0, 0.1) is 5.82 Å². The number of pyridine rings is 2. The molecular formula is C21H28FN7O2. The average molecular weight is 430 g/mol. The van der Waals surface area contributed by atoms with Gasteiger partial charge in [-0.2, -0.15) is 0 Å². The van der Waals surface area contributed by atoms with Gasteiger partial charge >= 0.3 is 0 Å². The molecule has 0 bridgehead atoms. The number of amides is 1. The maximum Gasteiger partial charge on any atom is 0.252 e. The number of nitrogens with one attached hydrogen (secondary N) is 2. The number of ether oxygens (including phenoxy) is 1. The van der Waals surface area contributed by atoms with E-state index >= 15 is 0 Å². The van der Waals surface area contributed by atoms with Crippen molar-refractivity contribution in [3.63, 3.8) is 0 Å². The van der Waals surface area contributed by atoms with Crippen molar-refractivity contribution in [3.8, 4) is 0 Å². The van der Waals surface area contributed by atoms with Crippen LogP contribution in [0.25, 0.3) is 0 Å². The number of rotatable bonds is 6. The van der Waals surface area contributed by atoms with Gasteiger partial charge < -0.3 is 31.7 Å². The highest BCUT2D eigenvalue weighted by molar-refractivity contribution is 5.98. The maximum absolute atomic E-state index is 14.6. The van der Waals surface area contributed by atoms with E-state index in [9.17, 15) is 9.18 Å². The highest BCUT2D eigenvalue weighted by atomic mass is 19.1. The van der Waals surface area contributed by atoms with Crippen molar-refractivity contribution in [3.05, 3.63) is 35.8 Å². The summed E-state index contributed by atoms with van der Waals surface area (Å²) in [6, 6.07) is 4.67. The summed E-state index contributed by atoms with van der Waals surface area (Å²) in [6.07, 6.45) is 5.46. The van der Waals surface area contributed by atoms with Crippen molar-refractivity contribution in [2.75, 3.05) is 41.8 Å². The lowest BCUT2D eigenvalue weighted by Crippen LogP contribution is -2.43. The number of primary amides is 1. The predicted octanol–water partition coefficient (Wildman–Crippen LogP) is 1.98. The monoisotopic (exact) mass is 429 g/mol. The van der Waals surface area contributed by atoms with E-state index in [-0.39, 0.29) is 29.3 Å². The Kier molecular flexibility index (Phi) is 6.47. The average Bonchev–Trinajstić information content (AvgIpc) is 2.78. The highest BCUT2D eigenvalue weighted by Gasteiger charge is 2.24. The van der Waals surface area contributed by atoms with E-state index in [0.717, 1.165) is 50.7 Å². The molecule has 6 N–H and O–H groups in total. The van der Waals surface area contributed by atoms with Crippen LogP contribution in [0.2, 0.25) is 0 Å². The lowest BCUT2D eigenvalue weighted by atomic mass is 9.91. The molecule has 166 valence electrons. The summed E-state index contributed by atoms with van der Waals surface area (Å²) in [5.41, 5.74) is 12.2. The van der Waals surface area contributed by atoms with E-state index in [1.807, 2.05) is 12.1 Å². The molecule has 3 heterocycles. The number of morpholine rings is 1. The van der Waals surface area contributed by atoms with Crippen LogP contribution < -0.4 is 27.0 Å². The van der Waals surface area contributed by atoms with Crippen molar-refractivity contribution < 1.29 is 13.9 Å². The second-order valence-electron chi connectivity index (χ2n) is 7.91. The van der Waals surface area contributed by atoms with Gasteiger partial charge in [0.2, 0.25) is 0 Å².